The number of carbonyl (C=O) groups excluding carboxylic acids is 1. The van der Waals surface area contributed by atoms with Crippen molar-refractivity contribution in [2.45, 2.75) is 6.54 Å². The van der Waals surface area contributed by atoms with Gasteiger partial charge in [0.1, 0.15) is 24.5 Å². The molecule has 0 aliphatic heterocycles. The molecule has 4 aromatic rings. The minimum atomic E-state index is -0.493. The minimum absolute atomic E-state index is 0.165. The number of quaternary nitrogens is 1. The highest BCUT2D eigenvalue weighted by molar-refractivity contribution is 9.10. The largest absolute Gasteiger partial charge is 0.390 e. The summed E-state index contributed by atoms with van der Waals surface area (Å²) < 4.78 is 15.9. The van der Waals surface area contributed by atoms with E-state index in [1.165, 1.54) is 24.8 Å². The SMILES string of the molecule is Cn1cnc([N+](=O)[O-])c1C[N+](C)(C)C/C=C/C(=O)Nc1ccc2ncnc(Nc3ccc(F)c(Br)c3)c2c1. The molecule has 0 unspecified atom stereocenters. The van der Waals surface area contributed by atoms with Crippen LogP contribution in [0, 0.1) is 15.9 Å². The molecule has 0 bridgehead atoms. The van der Waals surface area contributed by atoms with Crippen LogP contribution in [0.1, 0.15) is 5.69 Å². The van der Waals surface area contributed by atoms with E-state index in [0.717, 1.165) is 0 Å². The Kier molecular flexibility index (Phi) is 7.78. The molecular weight excluding hydrogens is 559 g/mol. The van der Waals surface area contributed by atoms with Gasteiger partial charge in [0.15, 0.2) is 5.69 Å². The third kappa shape index (κ3) is 6.36. The van der Waals surface area contributed by atoms with E-state index < -0.39 is 4.92 Å². The number of hydrogen-bond acceptors (Lipinski definition) is 7. The predicted octanol–water partition coefficient (Wildman–Crippen LogP) is 4.69. The summed E-state index contributed by atoms with van der Waals surface area (Å²) in [4.78, 5) is 35.8. The molecule has 4 rings (SSSR count). The molecule has 2 N–H and O–H groups in total. The number of imidazole rings is 1. The monoisotopic (exact) mass is 583 g/mol. The molecule has 2 heterocycles. The summed E-state index contributed by atoms with van der Waals surface area (Å²) in [6.45, 7) is 0.826. The van der Waals surface area contributed by atoms with Gasteiger partial charge in [0.25, 0.3) is 0 Å². The molecule has 196 valence electrons. The lowest BCUT2D eigenvalue weighted by atomic mass is 10.2. The van der Waals surface area contributed by atoms with Crippen LogP contribution in [-0.2, 0) is 18.4 Å². The van der Waals surface area contributed by atoms with E-state index in [1.54, 1.807) is 48.0 Å². The van der Waals surface area contributed by atoms with Crippen LogP contribution >= 0.6 is 15.9 Å². The van der Waals surface area contributed by atoms with E-state index >= 15 is 0 Å². The molecule has 0 fully saturated rings. The van der Waals surface area contributed by atoms with E-state index in [9.17, 15) is 19.3 Å². The number of amides is 1. The molecule has 2 aromatic heterocycles. The average Bonchev–Trinajstić information content (AvgIpc) is 3.21. The summed E-state index contributed by atoms with van der Waals surface area (Å²) in [5.41, 5.74) is 2.35. The smallest absolute Gasteiger partial charge is 0.358 e. The second-order valence-electron chi connectivity index (χ2n) is 9.26. The Morgan fingerprint density at radius 1 is 1.18 bits per heavy atom. The van der Waals surface area contributed by atoms with Crippen LogP contribution in [-0.4, -0.2) is 55.5 Å². The van der Waals surface area contributed by atoms with E-state index in [4.69, 9.17) is 0 Å². The zero-order chi connectivity index (χ0) is 27.4. The van der Waals surface area contributed by atoms with Gasteiger partial charge in [-0.15, -0.1) is 0 Å². The number of carbonyl (C=O) groups is 1. The van der Waals surface area contributed by atoms with E-state index in [-0.39, 0.29) is 17.5 Å². The van der Waals surface area contributed by atoms with Gasteiger partial charge in [-0.05, 0) is 68.3 Å². The lowest BCUT2D eigenvalue weighted by Crippen LogP contribution is -2.39. The summed E-state index contributed by atoms with van der Waals surface area (Å²) in [6, 6.07) is 9.79. The number of rotatable bonds is 9. The maximum absolute atomic E-state index is 13.6. The zero-order valence-electron chi connectivity index (χ0n) is 20.9. The van der Waals surface area contributed by atoms with Crippen molar-refractivity contribution in [1.82, 2.24) is 19.5 Å². The zero-order valence-corrected chi connectivity index (χ0v) is 22.4. The number of anilines is 3. The molecule has 0 saturated carbocycles. The third-order valence-corrected chi connectivity index (χ3v) is 6.35. The summed E-state index contributed by atoms with van der Waals surface area (Å²) in [6.07, 6.45) is 5.99. The molecule has 0 spiro atoms. The first kappa shape index (κ1) is 26.8. The fraction of sp³-hybridized carbons (Fsp3) is 0.200. The second kappa shape index (κ2) is 11.0. The van der Waals surface area contributed by atoms with Gasteiger partial charge in [0, 0.05) is 29.9 Å². The number of likely N-dealkylation sites (N-methyl/N-ethyl adjacent to an activating group) is 1. The predicted molar refractivity (Wildman–Crippen MR) is 145 cm³/mol. The standard InChI is InChI=1S/C25H24BrFN8O3/c1-33-15-30-25(34(37)38)22(33)13-35(2,3)10-4-5-23(36)31-16-7-9-21-18(11-16)24(29-14-28-21)32-17-6-8-20(27)19(26)12-17/h4-9,11-12,14-15H,10,13H2,1-3H3,(H-,28,29,31,32,36)/p+1/b5-4+. The molecule has 1 amide bonds. The van der Waals surface area contributed by atoms with Crippen LogP contribution < -0.4 is 10.6 Å². The van der Waals surface area contributed by atoms with Gasteiger partial charge in [-0.3, -0.25) is 4.79 Å². The van der Waals surface area contributed by atoms with E-state index in [2.05, 4.69) is 41.5 Å². The van der Waals surface area contributed by atoms with Gasteiger partial charge >= 0.3 is 5.82 Å². The van der Waals surface area contributed by atoms with Crippen molar-refractivity contribution < 1.29 is 18.6 Å². The van der Waals surface area contributed by atoms with Crippen molar-refractivity contribution in [3.05, 3.63) is 87.3 Å². The molecule has 0 saturated heterocycles. The van der Waals surface area contributed by atoms with Gasteiger partial charge < -0.3 is 29.8 Å². The van der Waals surface area contributed by atoms with Crippen LogP contribution in [0.25, 0.3) is 10.9 Å². The van der Waals surface area contributed by atoms with Gasteiger partial charge in [-0.1, -0.05) is 0 Å². The summed E-state index contributed by atoms with van der Waals surface area (Å²) in [7, 11) is 5.54. The van der Waals surface area contributed by atoms with Crippen molar-refractivity contribution in [3.8, 4) is 0 Å². The Balaban J connectivity index is 1.44. The van der Waals surface area contributed by atoms with Crippen molar-refractivity contribution in [1.29, 1.82) is 0 Å². The molecule has 38 heavy (non-hydrogen) atoms. The molecule has 0 atom stereocenters. The lowest BCUT2D eigenvalue weighted by Gasteiger charge is -2.27. The molecular formula is C25H25BrFN8O3+. The average molecular weight is 584 g/mol. The normalized spacial score (nSPS) is 11.7. The molecule has 2 aromatic carbocycles. The maximum atomic E-state index is 13.6. The highest BCUT2D eigenvalue weighted by atomic mass is 79.9. The topological polar surface area (TPSA) is 128 Å². The Morgan fingerprint density at radius 2 is 1.95 bits per heavy atom. The van der Waals surface area contributed by atoms with Gasteiger partial charge in [-0.25, -0.2) is 14.4 Å². The number of hydrogen-bond donors (Lipinski definition) is 2. The number of nitrogens with one attached hydrogen (secondary N) is 2. The van der Waals surface area contributed by atoms with Gasteiger partial charge in [0.05, 0.1) is 30.6 Å². The first-order chi connectivity index (χ1) is 18.0. The first-order valence-corrected chi connectivity index (χ1v) is 12.2. The van der Waals surface area contributed by atoms with E-state index in [1.807, 2.05) is 14.1 Å². The van der Waals surface area contributed by atoms with Crippen molar-refractivity contribution in [2.75, 3.05) is 31.3 Å². The first-order valence-electron chi connectivity index (χ1n) is 11.4. The van der Waals surface area contributed by atoms with Crippen molar-refractivity contribution >= 4 is 55.8 Å². The van der Waals surface area contributed by atoms with E-state index in [0.29, 0.717) is 55.8 Å². The number of aromatic nitrogens is 4. The summed E-state index contributed by atoms with van der Waals surface area (Å²) in [5, 5.41) is 17.9. The van der Waals surface area contributed by atoms with Crippen molar-refractivity contribution in [2.24, 2.45) is 7.05 Å². The number of nitrogens with zero attached hydrogens (tertiary/aromatic N) is 6. The number of nitro groups is 1. The number of halogens is 2. The Bertz CT molecular complexity index is 1550. The Labute approximate surface area is 225 Å². The fourth-order valence-corrected chi connectivity index (χ4v) is 4.20. The number of benzene rings is 2. The highest BCUT2D eigenvalue weighted by Crippen LogP contribution is 2.28. The maximum Gasteiger partial charge on any atom is 0.390 e. The minimum Gasteiger partial charge on any atom is -0.358 e. The van der Waals surface area contributed by atoms with Crippen LogP contribution in [0.3, 0.4) is 0 Å². The third-order valence-electron chi connectivity index (χ3n) is 5.74. The number of fused-ring (bicyclic) bond motifs is 1. The Morgan fingerprint density at radius 3 is 2.68 bits per heavy atom. The van der Waals surface area contributed by atoms with Crippen LogP contribution in [0.2, 0.25) is 0 Å². The molecule has 0 aliphatic carbocycles. The summed E-state index contributed by atoms with van der Waals surface area (Å²) >= 11 is 3.17. The lowest BCUT2D eigenvalue weighted by molar-refractivity contribution is -0.898. The number of aryl methyl sites for hydroxylation is 1. The Hall–Kier alpha value is -4.23. The van der Waals surface area contributed by atoms with Gasteiger partial charge in [0.2, 0.25) is 12.2 Å². The van der Waals surface area contributed by atoms with Crippen LogP contribution in [0.15, 0.2) is 65.7 Å². The quantitative estimate of drug-likeness (QED) is 0.127. The molecule has 0 radical (unpaired) electrons. The van der Waals surface area contributed by atoms with Crippen LogP contribution in [0.5, 0.6) is 0 Å². The van der Waals surface area contributed by atoms with Gasteiger partial charge in [-0.2, -0.15) is 0 Å². The molecule has 13 heteroatoms. The summed E-state index contributed by atoms with van der Waals surface area (Å²) in [5.74, 6) is -0.364. The second-order valence-corrected chi connectivity index (χ2v) is 10.1. The highest BCUT2D eigenvalue weighted by Gasteiger charge is 2.26. The van der Waals surface area contributed by atoms with Crippen molar-refractivity contribution in [3.63, 3.8) is 0 Å². The van der Waals surface area contributed by atoms with Crippen LogP contribution in [0.4, 0.5) is 27.4 Å². The molecule has 0 aliphatic rings. The fourth-order valence-electron chi connectivity index (χ4n) is 3.82. The molecule has 11 nitrogen and oxygen atoms in total.